The highest BCUT2D eigenvalue weighted by molar-refractivity contribution is 7.99. The van der Waals surface area contributed by atoms with E-state index in [2.05, 4.69) is 77.7 Å². The molecule has 29 heavy (non-hydrogen) atoms. The molecule has 4 rings (SSSR count). The van der Waals surface area contributed by atoms with Gasteiger partial charge in [0, 0.05) is 19.6 Å². The van der Waals surface area contributed by atoms with Gasteiger partial charge in [0.25, 0.3) is 0 Å². The third-order valence-corrected chi connectivity index (χ3v) is 6.64. The van der Waals surface area contributed by atoms with E-state index in [4.69, 9.17) is 9.47 Å². The Morgan fingerprint density at radius 2 is 1.66 bits per heavy atom. The summed E-state index contributed by atoms with van der Waals surface area (Å²) in [6, 6.07) is 29.6. The van der Waals surface area contributed by atoms with E-state index in [-0.39, 0.29) is 11.4 Å². The Morgan fingerprint density at radius 1 is 0.966 bits per heavy atom. The standard InChI is InChI=1S/C25H27NO2S/c1-27-22-14-8-9-15-24(22)29-25(21-12-6-3-7-13-21)23-19-26(16-17-28-23)18-20-10-4-2-5-11-20/h2-15,23,25H,16-19H2,1H3/t23-,25?/m1/s1. The number of rotatable bonds is 7. The van der Waals surface area contributed by atoms with Crippen molar-refractivity contribution in [3.63, 3.8) is 0 Å². The Kier molecular flexibility index (Phi) is 6.88. The predicted molar refractivity (Wildman–Crippen MR) is 119 cm³/mol. The number of nitrogens with zero attached hydrogens (tertiary/aromatic N) is 1. The summed E-state index contributed by atoms with van der Waals surface area (Å²) in [5, 5.41) is 0.200. The van der Waals surface area contributed by atoms with Crippen molar-refractivity contribution in [2.75, 3.05) is 26.8 Å². The molecular formula is C25H27NO2S. The maximum atomic E-state index is 6.30. The normalized spacial score (nSPS) is 18.3. The number of benzene rings is 3. The molecule has 1 heterocycles. The lowest BCUT2D eigenvalue weighted by Crippen LogP contribution is -2.44. The summed E-state index contributed by atoms with van der Waals surface area (Å²) in [5.74, 6) is 0.912. The first-order chi connectivity index (χ1) is 14.3. The summed E-state index contributed by atoms with van der Waals surface area (Å²) in [4.78, 5) is 3.65. The second kappa shape index (κ2) is 9.97. The second-order valence-electron chi connectivity index (χ2n) is 7.23. The van der Waals surface area contributed by atoms with Gasteiger partial charge in [-0.1, -0.05) is 72.8 Å². The van der Waals surface area contributed by atoms with Crippen LogP contribution in [-0.4, -0.2) is 37.8 Å². The molecule has 1 aliphatic rings. The van der Waals surface area contributed by atoms with Crippen molar-refractivity contribution in [2.45, 2.75) is 22.8 Å². The van der Waals surface area contributed by atoms with E-state index in [0.29, 0.717) is 0 Å². The van der Waals surface area contributed by atoms with Gasteiger partial charge in [0.05, 0.1) is 30.0 Å². The first-order valence-electron chi connectivity index (χ1n) is 10.1. The van der Waals surface area contributed by atoms with Gasteiger partial charge in [-0.2, -0.15) is 0 Å². The number of thioether (sulfide) groups is 1. The highest BCUT2D eigenvalue weighted by atomic mass is 32.2. The van der Waals surface area contributed by atoms with Gasteiger partial charge in [-0.15, -0.1) is 11.8 Å². The van der Waals surface area contributed by atoms with E-state index in [9.17, 15) is 0 Å². The van der Waals surface area contributed by atoms with Crippen LogP contribution >= 0.6 is 11.8 Å². The summed E-state index contributed by atoms with van der Waals surface area (Å²) < 4.78 is 11.9. The van der Waals surface area contributed by atoms with Crippen molar-refractivity contribution in [1.82, 2.24) is 4.90 Å². The fraction of sp³-hybridized carbons (Fsp3) is 0.280. The molecule has 3 aromatic rings. The Labute approximate surface area is 177 Å². The molecule has 1 fully saturated rings. The summed E-state index contributed by atoms with van der Waals surface area (Å²) >= 11 is 1.83. The van der Waals surface area contributed by atoms with Crippen molar-refractivity contribution in [2.24, 2.45) is 0 Å². The van der Waals surface area contributed by atoms with E-state index in [1.165, 1.54) is 11.1 Å². The maximum Gasteiger partial charge on any atom is 0.132 e. The number of hydrogen-bond acceptors (Lipinski definition) is 4. The van der Waals surface area contributed by atoms with Gasteiger partial charge in [-0.05, 0) is 23.3 Å². The molecule has 0 amide bonds. The van der Waals surface area contributed by atoms with Gasteiger partial charge >= 0.3 is 0 Å². The molecule has 2 atom stereocenters. The van der Waals surface area contributed by atoms with Gasteiger partial charge in [-0.25, -0.2) is 0 Å². The zero-order chi connectivity index (χ0) is 19.9. The molecule has 1 aliphatic heterocycles. The highest BCUT2D eigenvalue weighted by Gasteiger charge is 2.30. The van der Waals surface area contributed by atoms with Crippen LogP contribution in [0.1, 0.15) is 16.4 Å². The molecule has 4 heteroatoms. The van der Waals surface area contributed by atoms with Crippen molar-refractivity contribution in [1.29, 1.82) is 0 Å². The molecule has 1 saturated heterocycles. The van der Waals surface area contributed by atoms with Crippen LogP contribution in [0.4, 0.5) is 0 Å². The molecule has 150 valence electrons. The molecule has 0 aliphatic carbocycles. The Hall–Kier alpha value is -2.27. The number of para-hydroxylation sites is 1. The third-order valence-electron chi connectivity index (χ3n) is 5.22. The van der Waals surface area contributed by atoms with Crippen LogP contribution in [0.3, 0.4) is 0 Å². The van der Waals surface area contributed by atoms with Crippen LogP contribution < -0.4 is 4.74 Å². The molecule has 3 aromatic carbocycles. The maximum absolute atomic E-state index is 6.30. The Balaban J connectivity index is 1.55. The minimum absolute atomic E-state index is 0.116. The van der Waals surface area contributed by atoms with Crippen molar-refractivity contribution in [3.05, 3.63) is 96.1 Å². The average molecular weight is 406 g/mol. The lowest BCUT2D eigenvalue weighted by molar-refractivity contribution is -0.0319. The monoisotopic (exact) mass is 405 g/mol. The van der Waals surface area contributed by atoms with E-state index in [1.54, 1.807) is 7.11 Å². The lowest BCUT2D eigenvalue weighted by atomic mass is 10.1. The van der Waals surface area contributed by atoms with Crippen LogP contribution in [0.15, 0.2) is 89.8 Å². The van der Waals surface area contributed by atoms with Crippen molar-refractivity contribution < 1.29 is 9.47 Å². The molecule has 3 nitrogen and oxygen atoms in total. The first kappa shape index (κ1) is 20.0. The molecule has 0 N–H and O–H groups in total. The molecule has 0 spiro atoms. The lowest BCUT2D eigenvalue weighted by Gasteiger charge is -2.37. The molecule has 0 radical (unpaired) electrons. The highest BCUT2D eigenvalue weighted by Crippen LogP contribution is 2.43. The van der Waals surface area contributed by atoms with Gasteiger partial charge in [0.1, 0.15) is 5.75 Å². The molecule has 1 unspecified atom stereocenters. The van der Waals surface area contributed by atoms with Crippen LogP contribution in [-0.2, 0) is 11.3 Å². The van der Waals surface area contributed by atoms with E-state index >= 15 is 0 Å². The summed E-state index contributed by atoms with van der Waals surface area (Å²) in [5.41, 5.74) is 2.64. The fourth-order valence-corrected chi connectivity index (χ4v) is 5.06. The van der Waals surface area contributed by atoms with E-state index in [0.717, 1.165) is 36.9 Å². The number of ether oxygens (including phenoxy) is 2. The Bertz CT molecular complexity index is 888. The van der Waals surface area contributed by atoms with Crippen molar-refractivity contribution in [3.8, 4) is 5.75 Å². The molecule has 0 saturated carbocycles. The predicted octanol–water partition coefficient (Wildman–Crippen LogP) is 5.43. The summed E-state index contributed by atoms with van der Waals surface area (Å²) in [7, 11) is 1.73. The number of methoxy groups -OCH3 is 1. The van der Waals surface area contributed by atoms with Gasteiger partial charge in [-0.3, -0.25) is 4.90 Å². The van der Waals surface area contributed by atoms with E-state index in [1.807, 2.05) is 23.9 Å². The zero-order valence-corrected chi connectivity index (χ0v) is 17.6. The largest absolute Gasteiger partial charge is 0.496 e. The van der Waals surface area contributed by atoms with Crippen LogP contribution in [0.2, 0.25) is 0 Å². The SMILES string of the molecule is COc1ccccc1SC(c1ccccc1)[C@H]1CN(Cc2ccccc2)CCO1. The molecule has 0 bridgehead atoms. The van der Waals surface area contributed by atoms with Crippen LogP contribution in [0.25, 0.3) is 0 Å². The van der Waals surface area contributed by atoms with Crippen LogP contribution in [0.5, 0.6) is 5.75 Å². The smallest absolute Gasteiger partial charge is 0.132 e. The first-order valence-corrected chi connectivity index (χ1v) is 10.9. The zero-order valence-electron chi connectivity index (χ0n) is 16.7. The second-order valence-corrected chi connectivity index (χ2v) is 8.41. The number of morpholine rings is 1. The molecule has 0 aromatic heterocycles. The van der Waals surface area contributed by atoms with Crippen LogP contribution in [0, 0.1) is 0 Å². The number of hydrogen-bond donors (Lipinski definition) is 0. The van der Waals surface area contributed by atoms with Gasteiger partial charge in [0.2, 0.25) is 0 Å². The van der Waals surface area contributed by atoms with E-state index < -0.39 is 0 Å². The minimum Gasteiger partial charge on any atom is -0.496 e. The van der Waals surface area contributed by atoms with Crippen molar-refractivity contribution >= 4 is 11.8 Å². The average Bonchev–Trinajstić information content (AvgIpc) is 2.79. The summed E-state index contributed by atoms with van der Waals surface area (Å²) in [6.07, 6.45) is 0.116. The Morgan fingerprint density at radius 3 is 2.41 bits per heavy atom. The summed E-state index contributed by atoms with van der Waals surface area (Å²) in [6.45, 7) is 3.59. The third kappa shape index (κ3) is 5.21. The quantitative estimate of drug-likeness (QED) is 0.489. The van der Waals surface area contributed by atoms with Gasteiger partial charge < -0.3 is 9.47 Å². The minimum atomic E-state index is 0.116. The van der Waals surface area contributed by atoms with Gasteiger partial charge in [0.15, 0.2) is 0 Å². The molecular weight excluding hydrogens is 378 g/mol. The fourth-order valence-electron chi connectivity index (χ4n) is 3.75. The topological polar surface area (TPSA) is 21.7 Å².